The minimum atomic E-state index is 0.119. The van der Waals surface area contributed by atoms with Crippen LogP contribution in [0.15, 0.2) is 36.4 Å². The predicted octanol–water partition coefficient (Wildman–Crippen LogP) is 2.55. The fourth-order valence-corrected chi connectivity index (χ4v) is 1.59. The highest BCUT2D eigenvalue weighted by Crippen LogP contribution is 2.24. The summed E-state index contributed by atoms with van der Waals surface area (Å²) in [6.45, 7) is 2.53. The van der Waals surface area contributed by atoms with Crippen molar-refractivity contribution in [2.75, 3.05) is 13.2 Å². The summed E-state index contributed by atoms with van der Waals surface area (Å²) >= 11 is 0. The first-order valence-electron chi connectivity index (χ1n) is 5.65. The molecule has 2 aromatic rings. The highest BCUT2D eigenvalue weighted by Gasteiger charge is 2.02. The zero-order valence-electron chi connectivity index (χ0n) is 9.76. The molecular weight excluding hydrogens is 216 g/mol. The minimum Gasteiger partial charge on any atom is -0.508 e. The van der Waals surface area contributed by atoms with E-state index in [1.165, 1.54) is 0 Å². The fourth-order valence-electron chi connectivity index (χ4n) is 1.59. The summed E-state index contributed by atoms with van der Waals surface area (Å²) in [5.41, 5.74) is 0. The van der Waals surface area contributed by atoms with Crippen molar-refractivity contribution in [3.63, 3.8) is 0 Å². The molecule has 0 aliphatic heterocycles. The second-order valence-electron chi connectivity index (χ2n) is 4.29. The maximum absolute atomic E-state index is 9.40. The largest absolute Gasteiger partial charge is 0.508 e. The smallest absolute Gasteiger partial charge is 0.119 e. The van der Waals surface area contributed by atoms with E-state index in [4.69, 9.17) is 9.84 Å². The number of ether oxygens (including phenoxy) is 1. The van der Waals surface area contributed by atoms with Gasteiger partial charge in [-0.15, -0.1) is 0 Å². The van der Waals surface area contributed by atoms with Crippen molar-refractivity contribution >= 4 is 10.8 Å². The SMILES string of the molecule is CC(CO)COc1ccc2ccc(O)cc2c1. The lowest BCUT2D eigenvalue weighted by Crippen LogP contribution is -2.11. The molecule has 0 heterocycles. The van der Waals surface area contributed by atoms with Crippen LogP contribution in [0.3, 0.4) is 0 Å². The van der Waals surface area contributed by atoms with Gasteiger partial charge in [0.1, 0.15) is 11.5 Å². The lowest BCUT2D eigenvalue weighted by molar-refractivity contribution is 0.174. The number of rotatable bonds is 4. The Bertz CT molecular complexity index is 508. The van der Waals surface area contributed by atoms with E-state index in [1.807, 2.05) is 31.2 Å². The van der Waals surface area contributed by atoms with Crippen molar-refractivity contribution in [2.24, 2.45) is 5.92 Å². The Balaban J connectivity index is 2.19. The van der Waals surface area contributed by atoms with E-state index in [9.17, 15) is 5.11 Å². The fraction of sp³-hybridized carbons (Fsp3) is 0.286. The van der Waals surface area contributed by atoms with E-state index in [1.54, 1.807) is 12.1 Å². The zero-order chi connectivity index (χ0) is 12.3. The van der Waals surface area contributed by atoms with Gasteiger partial charge in [0.05, 0.1) is 6.61 Å². The third-order valence-electron chi connectivity index (χ3n) is 2.64. The average molecular weight is 232 g/mol. The number of phenolic OH excluding ortho intramolecular Hbond substituents is 1. The Kier molecular flexibility index (Phi) is 3.49. The number of aliphatic hydroxyl groups excluding tert-OH is 1. The maximum Gasteiger partial charge on any atom is 0.119 e. The zero-order valence-corrected chi connectivity index (χ0v) is 9.76. The lowest BCUT2D eigenvalue weighted by Gasteiger charge is -2.11. The van der Waals surface area contributed by atoms with Gasteiger partial charge in [0.15, 0.2) is 0 Å². The molecule has 0 spiro atoms. The molecule has 0 amide bonds. The lowest BCUT2D eigenvalue weighted by atomic mass is 10.1. The van der Waals surface area contributed by atoms with Crippen LogP contribution in [-0.2, 0) is 0 Å². The molecule has 0 aliphatic rings. The molecular formula is C14H16O3. The van der Waals surface area contributed by atoms with Gasteiger partial charge in [-0.2, -0.15) is 0 Å². The Morgan fingerprint density at radius 3 is 2.65 bits per heavy atom. The van der Waals surface area contributed by atoms with Crippen LogP contribution in [0.25, 0.3) is 10.8 Å². The molecule has 1 unspecified atom stereocenters. The summed E-state index contributed by atoms with van der Waals surface area (Å²) in [5, 5.41) is 20.3. The van der Waals surface area contributed by atoms with Crippen molar-refractivity contribution in [2.45, 2.75) is 6.92 Å². The predicted molar refractivity (Wildman–Crippen MR) is 67.4 cm³/mol. The molecule has 3 nitrogen and oxygen atoms in total. The summed E-state index contributed by atoms with van der Waals surface area (Å²) in [7, 11) is 0. The van der Waals surface area contributed by atoms with Crippen molar-refractivity contribution < 1.29 is 14.9 Å². The van der Waals surface area contributed by atoms with Gasteiger partial charge < -0.3 is 14.9 Å². The maximum atomic E-state index is 9.40. The number of fused-ring (bicyclic) bond motifs is 1. The molecule has 2 N–H and O–H groups in total. The second-order valence-corrected chi connectivity index (χ2v) is 4.29. The molecule has 0 aliphatic carbocycles. The van der Waals surface area contributed by atoms with Crippen LogP contribution in [0.1, 0.15) is 6.92 Å². The Morgan fingerprint density at radius 2 is 1.88 bits per heavy atom. The van der Waals surface area contributed by atoms with Crippen LogP contribution in [0.5, 0.6) is 11.5 Å². The molecule has 2 aromatic carbocycles. The number of benzene rings is 2. The van der Waals surface area contributed by atoms with Gasteiger partial charge in [-0.25, -0.2) is 0 Å². The summed E-state index contributed by atoms with van der Waals surface area (Å²) in [6, 6.07) is 11.0. The molecule has 1 atom stereocenters. The van der Waals surface area contributed by atoms with Crippen LogP contribution in [0, 0.1) is 5.92 Å². The van der Waals surface area contributed by atoms with Crippen LogP contribution in [0.2, 0.25) is 0 Å². The second kappa shape index (κ2) is 5.06. The van der Waals surface area contributed by atoms with Crippen molar-refractivity contribution in [3.05, 3.63) is 36.4 Å². The van der Waals surface area contributed by atoms with Crippen LogP contribution < -0.4 is 4.74 Å². The van der Waals surface area contributed by atoms with Crippen molar-refractivity contribution in [1.82, 2.24) is 0 Å². The van der Waals surface area contributed by atoms with Gasteiger partial charge in [-0.05, 0) is 35.0 Å². The summed E-state index contributed by atoms with van der Waals surface area (Å²) in [5.74, 6) is 1.12. The number of phenols is 1. The van der Waals surface area contributed by atoms with Gasteiger partial charge >= 0.3 is 0 Å². The van der Waals surface area contributed by atoms with Crippen molar-refractivity contribution in [1.29, 1.82) is 0 Å². The molecule has 0 fully saturated rings. The Morgan fingerprint density at radius 1 is 1.12 bits per heavy atom. The van der Waals surface area contributed by atoms with Gasteiger partial charge in [-0.3, -0.25) is 0 Å². The van der Waals surface area contributed by atoms with E-state index in [2.05, 4.69) is 0 Å². The molecule has 3 heteroatoms. The van der Waals surface area contributed by atoms with Gasteiger partial charge in [0, 0.05) is 12.5 Å². The van der Waals surface area contributed by atoms with Gasteiger partial charge in [-0.1, -0.05) is 19.1 Å². The topological polar surface area (TPSA) is 49.7 Å². The Labute approximate surface area is 100 Å². The molecule has 0 bridgehead atoms. The number of aromatic hydroxyl groups is 1. The minimum absolute atomic E-state index is 0.119. The summed E-state index contributed by atoms with van der Waals surface area (Å²) in [6.07, 6.45) is 0. The van der Waals surface area contributed by atoms with Crippen LogP contribution in [0.4, 0.5) is 0 Å². The standard InChI is InChI=1S/C14H16O3/c1-10(8-15)9-17-14-5-3-11-2-4-13(16)6-12(11)7-14/h2-7,10,15-16H,8-9H2,1H3. The highest BCUT2D eigenvalue weighted by molar-refractivity contribution is 5.85. The molecule has 0 radical (unpaired) electrons. The molecule has 0 aromatic heterocycles. The quantitative estimate of drug-likeness (QED) is 0.851. The third kappa shape index (κ3) is 2.88. The average Bonchev–Trinajstić information content (AvgIpc) is 2.35. The molecule has 0 saturated heterocycles. The van der Waals surface area contributed by atoms with Gasteiger partial charge in [0.2, 0.25) is 0 Å². The van der Waals surface area contributed by atoms with Crippen LogP contribution in [-0.4, -0.2) is 23.4 Å². The number of hydrogen-bond acceptors (Lipinski definition) is 3. The summed E-state index contributed by atoms with van der Waals surface area (Å²) < 4.78 is 5.57. The molecule has 0 saturated carbocycles. The number of aliphatic hydroxyl groups is 1. The molecule has 17 heavy (non-hydrogen) atoms. The van der Waals surface area contributed by atoms with E-state index in [0.717, 1.165) is 16.5 Å². The first-order valence-corrected chi connectivity index (χ1v) is 5.65. The number of hydrogen-bond donors (Lipinski definition) is 2. The van der Waals surface area contributed by atoms with Crippen molar-refractivity contribution in [3.8, 4) is 11.5 Å². The van der Waals surface area contributed by atoms with Crippen LogP contribution >= 0.6 is 0 Å². The molecule has 90 valence electrons. The van der Waals surface area contributed by atoms with E-state index >= 15 is 0 Å². The Hall–Kier alpha value is -1.74. The first kappa shape index (κ1) is 11.7. The first-order chi connectivity index (χ1) is 8.19. The normalized spacial score (nSPS) is 12.6. The van der Waals surface area contributed by atoms with Gasteiger partial charge in [0.25, 0.3) is 0 Å². The van der Waals surface area contributed by atoms with E-state index in [-0.39, 0.29) is 18.3 Å². The van der Waals surface area contributed by atoms with E-state index < -0.39 is 0 Å². The molecule has 2 rings (SSSR count). The third-order valence-corrected chi connectivity index (χ3v) is 2.64. The monoisotopic (exact) mass is 232 g/mol. The van der Waals surface area contributed by atoms with E-state index in [0.29, 0.717) is 6.61 Å². The highest BCUT2D eigenvalue weighted by atomic mass is 16.5. The summed E-state index contributed by atoms with van der Waals surface area (Å²) in [4.78, 5) is 0.